The minimum atomic E-state index is -3.69. The van der Waals surface area contributed by atoms with Crippen molar-refractivity contribution >= 4 is 27.5 Å². The van der Waals surface area contributed by atoms with E-state index in [0.29, 0.717) is 5.69 Å². The van der Waals surface area contributed by atoms with Crippen molar-refractivity contribution in [2.75, 3.05) is 22.7 Å². The van der Waals surface area contributed by atoms with Crippen molar-refractivity contribution in [1.29, 1.82) is 0 Å². The van der Waals surface area contributed by atoms with E-state index in [1.165, 1.54) is 12.1 Å². The second-order valence-electron chi connectivity index (χ2n) is 5.72. The lowest BCUT2D eigenvalue weighted by molar-refractivity contribution is 0.609. The molecule has 1 saturated heterocycles. The van der Waals surface area contributed by atoms with Crippen LogP contribution in [0, 0.1) is 5.82 Å². The Balaban J connectivity index is 1.73. The smallest absolute Gasteiger partial charge is 0.255 e. The van der Waals surface area contributed by atoms with Gasteiger partial charge in [-0.1, -0.05) is 30.3 Å². The zero-order valence-corrected chi connectivity index (χ0v) is 14.0. The Morgan fingerprint density at radius 2 is 1.75 bits per heavy atom. The van der Waals surface area contributed by atoms with Crippen LogP contribution in [0.25, 0.3) is 6.08 Å². The van der Waals surface area contributed by atoms with E-state index >= 15 is 0 Å². The summed E-state index contributed by atoms with van der Waals surface area (Å²) >= 11 is 0. The molecule has 2 aromatic carbocycles. The molecule has 1 aliphatic rings. The summed E-state index contributed by atoms with van der Waals surface area (Å²) in [6.45, 7) is 1.67. The molecule has 1 heterocycles. The average molecular weight is 346 g/mol. The molecule has 0 radical (unpaired) electrons. The molecule has 0 atom stereocenters. The normalized spacial score (nSPS) is 15.1. The minimum Gasteiger partial charge on any atom is -0.369 e. The number of benzene rings is 2. The quantitative estimate of drug-likeness (QED) is 0.895. The van der Waals surface area contributed by atoms with Gasteiger partial charge in [-0.15, -0.1) is 0 Å². The highest BCUT2D eigenvalue weighted by Gasteiger charge is 2.17. The van der Waals surface area contributed by atoms with Crippen LogP contribution in [0.3, 0.4) is 0 Å². The van der Waals surface area contributed by atoms with Crippen molar-refractivity contribution in [3.05, 3.63) is 65.3 Å². The molecule has 1 fully saturated rings. The monoisotopic (exact) mass is 346 g/mol. The van der Waals surface area contributed by atoms with Crippen molar-refractivity contribution < 1.29 is 12.8 Å². The predicted molar refractivity (Wildman–Crippen MR) is 95.9 cm³/mol. The lowest BCUT2D eigenvalue weighted by atomic mass is 10.2. The maximum atomic E-state index is 14.2. The number of hydrogen-bond acceptors (Lipinski definition) is 3. The number of nitrogens with one attached hydrogen (secondary N) is 1. The van der Waals surface area contributed by atoms with E-state index in [-0.39, 0.29) is 5.69 Å². The fourth-order valence-electron chi connectivity index (χ4n) is 2.72. The summed E-state index contributed by atoms with van der Waals surface area (Å²) in [7, 11) is -3.69. The Morgan fingerprint density at radius 1 is 1.04 bits per heavy atom. The molecule has 126 valence electrons. The standard InChI is InChI=1S/C18H19FN2O2S/c19-17-14-16(8-9-18(17)21-11-4-5-12-21)20-24(22,23)13-10-15-6-2-1-3-7-15/h1-3,6-10,13-14,20H,4-5,11-12H2. The maximum Gasteiger partial charge on any atom is 0.255 e. The van der Waals surface area contributed by atoms with Crippen LogP contribution in [0.1, 0.15) is 18.4 Å². The summed E-state index contributed by atoms with van der Waals surface area (Å²) in [5.74, 6) is -0.413. The molecule has 0 spiro atoms. The van der Waals surface area contributed by atoms with Crippen LogP contribution in [-0.4, -0.2) is 21.5 Å². The Kier molecular flexibility index (Phi) is 4.85. The van der Waals surface area contributed by atoms with Crippen LogP contribution in [0.4, 0.5) is 15.8 Å². The third-order valence-corrected chi connectivity index (χ3v) is 4.91. The SMILES string of the molecule is O=S(=O)(C=Cc1ccccc1)Nc1ccc(N2CCCC2)c(F)c1. The van der Waals surface area contributed by atoms with Gasteiger partial charge >= 0.3 is 0 Å². The van der Waals surface area contributed by atoms with Crippen molar-refractivity contribution in [3.8, 4) is 0 Å². The topological polar surface area (TPSA) is 49.4 Å². The van der Waals surface area contributed by atoms with Crippen molar-refractivity contribution in [2.45, 2.75) is 12.8 Å². The first-order valence-electron chi connectivity index (χ1n) is 7.84. The number of halogens is 1. The summed E-state index contributed by atoms with van der Waals surface area (Å²) < 4.78 is 40.8. The Morgan fingerprint density at radius 3 is 2.42 bits per heavy atom. The van der Waals surface area contributed by atoms with Crippen molar-refractivity contribution in [1.82, 2.24) is 0 Å². The van der Waals surface area contributed by atoms with Gasteiger partial charge in [0.15, 0.2) is 0 Å². The lowest BCUT2D eigenvalue weighted by Crippen LogP contribution is -2.19. The third kappa shape index (κ3) is 4.14. The zero-order valence-electron chi connectivity index (χ0n) is 13.2. The zero-order chi connectivity index (χ0) is 17.0. The molecule has 3 rings (SSSR count). The lowest BCUT2D eigenvalue weighted by Gasteiger charge is -2.18. The molecule has 2 aromatic rings. The van der Waals surface area contributed by atoms with Crippen molar-refractivity contribution in [2.24, 2.45) is 0 Å². The van der Waals surface area contributed by atoms with E-state index in [4.69, 9.17) is 0 Å². The highest BCUT2D eigenvalue weighted by Crippen LogP contribution is 2.26. The van der Waals surface area contributed by atoms with E-state index in [9.17, 15) is 12.8 Å². The van der Waals surface area contributed by atoms with Crippen LogP contribution >= 0.6 is 0 Å². The molecular weight excluding hydrogens is 327 g/mol. The Bertz CT molecular complexity index is 829. The summed E-state index contributed by atoms with van der Waals surface area (Å²) in [5.41, 5.74) is 1.52. The second-order valence-corrected chi connectivity index (χ2v) is 7.29. The predicted octanol–water partition coefficient (Wildman–Crippen LogP) is 3.84. The molecule has 0 aromatic heterocycles. The van der Waals surface area contributed by atoms with Gasteiger partial charge in [0.05, 0.1) is 16.8 Å². The Labute approximate surface area is 141 Å². The highest BCUT2D eigenvalue weighted by molar-refractivity contribution is 7.95. The number of nitrogens with zero attached hydrogens (tertiary/aromatic N) is 1. The van der Waals surface area contributed by atoms with Crippen molar-refractivity contribution in [3.63, 3.8) is 0 Å². The number of rotatable bonds is 5. The molecule has 1 N–H and O–H groups in total. The first-order valence-corrected chi connectivity index (χ1v) is 9.39. The van der Waals surface area contributed by atoms with Crippen LogP contribution in [0.2, 0.25) is 0 Å². The summed E-state index contributed by atoms with van der Waals surface area (Å²) in [4.78, 5) is 1.98. The van der Waals surface area contributed by atoms with Gasteiger partial charge in [-0.25, -0.2) is 12.8 Å². The van der Waals surface area contributed by atoms with E-state index < -0.39 is 15.8 Å². The number of hydrogen-bond donors (Lipinski definition) is 1. The summed E-state index contributed by atoms with van der Waals surface area (Å²) in [5, 5.41) is 1.08. The van der Waals surface area contributed by atoms with E-state index in [2.05, 4.69) is 4.72 Å². The molecular formula is C18H19FN2O2S. The summed E-state index contributed by atoms with van der Waals surface area (Å²) in [6.07, 6.45) is 3.60. The van der Waals surface area contributed by atoms with Gasteiger partial charge in [-0.05, 0) is 36.6 Å². The molecule has 0 aliphatic carbocycles. The first kappa shape index (κ1) is 16.5. The molecule has 4 nitrogen and oxygen atoms in total. The van der Waals surface area contributed by atoms with Gasteiger partial charge in [0.25, 0.3) is 10.0 Å². The molecule has 6 heteroatoms. The molecule has 0 unspecified atom stereocenters. The van der Waals surface area contributed by atoms with E-state index in [1.807, 2.05) is 23.1 Å². The van der Waals surface area contributed by atoms with Gasteiger partial charge in [0.1, 0.15) is 5.82 Å². The van der Waals surface area contributed by atoms with Gasteiger partial charge in [0, 0.05) is 19.2 Å². The molecule has 24 heavy (non-hydrogen) atoms. The number of anilines is 2. The average Bonchev–Trinajstić information content (AvgIpc) is 3.08. The van der Waals surface area contributed by atoms with Gasteiger partial charge < -0.3 is 4.90 Å². The van der Waals surface area contributed by atoms with Crippen LogP contribution in [-0.2, 0) is 10.0 Å². The van der Waals surface area contributed by atoms with Gasteiger partial charge in [-0.2, -0.15) is 0 Å². The first-order chi connectivity index (χ1) is 11.5. The Hall–Kier alpha value is -2.34. The van der Waals surface area contributed by atoms with Gasteiger partial charge in [0.2, 0.25) is 0 Å². The van der Waals surface area contributed by atoms with E-state index in [1.54, 1.807) is 24.3 Å². The molecule has 0 bridgehead atoms. The number of sulfonamides is 1. The van der Waals surface area contributed by atoms with Gasteiger partial charge in [-0.3, -0.25) is 4.72 Å². The summed E-state index contributed by atoms with van der Waals surface area (Å²) in [6, 6.07) is 13.5. The molecule has 1 aliphatic heterocycles. The molecule has 0 amide bonds. The second kappa shape index (κ2) is 7.05. The van der Waals surface area contributed by atoms with Crippen LogP contribution in [0.5, 0.6) is 0 Å². The third-order valence-electron chi connectivity index (χ3n) is 3.89. The maximum absolute atomic E-state index is 14.2. The van der Waals surface area contributed by atoms with Crippen LogP contribution < -0.4 is 9.62 Å². The molecule has 0 saturated carbocycles. The highest BCUT2D eigenvalue weighted by atomic mass is 32.2. The van der Waals surface area contributed by atoms with E-state index in [0.717, 1.165) is 36.9 Å². The minimum absolute atomic E-state index is 0.216. The fraction of sp³-hybridized carbons (Fsp3) is 0.222. The largest absolute Gasteiger partial charge is 0.369 e. The van der Waals surface area contributed by atoms with Crippen LogP contribution in [0.15, 0.2) is 53.9 Å². The fourth-order valence-corrected chi connectivity index (χ4v) is 3.58.